The summed E-state index contributed by atoms with van der Waals surface area (Å²) < 4.78 is 5.16. The minimum absolute atomic E-state index is 0.0971. The maximum absolute atomic E-state index is 11.4. The van der Waals surface area contributed by atoms with Crippen LogP contribution >= 0.6 is 0 Å². The van der Waals surface area contributed by atoms with Gasteiger partial charge in [-0.15, -0.1) is 0 Å². The number of ether oxygens (including phenoxy) is 1. The van der Waals surface area contributed by atoms with Crippen molar-refractivity contribution in [3.63, 3.8) is 0 Å². The van der Waals surface area contributed by atoms with Gasteiger partial charge in [0.05, 0.1) is 0 Å². The molecule has 1 aliphatic heterocycles. The van der Waals surface area contributed by atoms with Crippen LogP contribution < -0.4 is 5.32 Å². The van der Waals surface area contributed by atoms with E-state index in [1.165, 1.54) is 0 Å². The van der Waals surface area contributed by atoms with Crippen molar-refractivity contribution in [1.82, 2.24) is 10.1 Å². The van der Waals surface area contributed by atoms with E-state index in [1.54, 1.807) is 4.81 Å². The van der Waals surface area contributed by atoms with E-state index in [1.807, 2.05) is 27.7 Å². The largest absolute Gasteiger partial charge is 0.444 e. The Bertz CT molecular complexity index is 230. The van der Waals surface area contributed by atoms with E-state index in [0.29, 0.717) is 12.6 Å². The number of carbonyl (C=O) groups excluding carboxylic acids is 1. The van der Waals surface area contributed by atoms with Gasteiger partial charge in [-0.2, -0.15) is 0 Å². The zero-order valence-electron chi connectivity index (χ0n) is 9.91. The molecule has 0 aromatic rings. The average molecular weight is 210 g/mol. The molecule has 0 aromatic heterocycles. The molecule has 1 fully saturated rings. The maximum Gasteiger partial charge on any atom is 0.407 e. The summed E-state index contributed by atoms with van der Waals surface area (Å²) in [5, 5.41) is 2.81. The molecule has 1 rings (SSSR count). The summed E-state index contributed by atoms with van der Waals surface area (Å²) in [6.45, 7) is 8.26. The Kier molecular flexibility index (Phi) is 3.65. The van der Waals surface area contributed by atoms with Gasteiger partial charge in [-0.05, 0) is 33.2 Å². The van der Waals surface area contributed by atoms with Crippen LogP contribution in [0.4, 0.5) is 4.79 Å². The van der Waals surface area contributed by atoms with Crippen LogP contribution in [-0.2, 0) is 4.74 Å². The van der Waals surface area contributed by atoms with Crippen LogP contribution in [-0.4, -0.2) is 43.1 Å². The van der Waals surface area contributed by atoms with E-state index >= 15 is 0 Å². The predicted molar refractivity (Wildman–Crippen MR) is 59.7 cm³/mol. The van der Waals surface area contributed by atoms with Crippen molar-refractivity contribution in [2.45, 2.75) is 51.8 Å². The fourth-order valence-electron chi connectivity index (χ4n) is 1.63. The lowest BCUT2D eigenvalue weighted by molar-refractivity contribution is 0.0507. The van der Waals surface area contributed by atoms with Crippen LogP contribution in [0, 0.1) is 0 Å². The molecule has 0 bridgehead atoms. The summed E-state index contributed by atoms with van der Waals surface area (Å²) in [6.07, 6.45) is 0.505. The molecule has 1 N–H and O–H groups in total. The molecule has 2 unspecified atom stereocenters. The number of hydrogen-bond donors (Lipinski definition) is 1. The number of nitrogens with one attached hydrogen (secondary N) is 1. The number of alkyl carbamates (subject to hydrolysis) is 1. The maximum atomic E-state index is 11.4. The predicted octanol–water partition coefficient (Wildman–Crippen LogP) is 1.06. The normalized spacial score (nSPS) is 27.7. The van der Waals surface area contributed by atoms with Crippen LogP contribution in [0.5, 0.6) is 0 Å². The first-order valence-corrected chi connectivity index (χ1v) is 5.29. The summed E-state index contributed by atoms with van der Waals surface area (Å²) in [4.78, 5) is 13.2. The van der Waals surface area contributed by atoms with Gasteiger partial charge < -0.3 is 14.9 Å². The molecular formula is C10H19BN2O2. The van der Waals surface area contributed by atoms with Gasteiger partial charge in [-0.3, -0.25) is 0 Å². The second kappa shape index (κ2) is 4.43. The highest BCUT2D eigenvalue weighted by atomic mass is 16.6. The fraction of sp³-hybridized carbons (Fsp3) is 0.900. The monoisotopic (exact) mass is 210 g/mol. The quantitative estimate of drug-likeness (QED) is 0.658. The average Bonchev–Trinajstić information content (AvgIpc) is 2.26. The Labute approximate surface area is 92.8 Å². The van der Waals surface area contributed by atoms with Crippen molar-refractivity contribution >= 4 is 14.1 Å². The van der Waals surface area contributed by atoms with Crippen molar-refractivity contribution in [3.8, 4) is 0 Å². The molecular weight excluding hydrogens is 191 g/mol. The molecule has 2 atom stereocenters. The molecule has 1 saturated heterocycles. The van der Waals surface area contributed by atoms with Crippen LogP contribution in [0.25, 0.3) is 0 Å². The van der Waals surface area contributed by atoms with Gasteiger partial charge in [0, 0.05) is 12.6 Å². The highest BCUT2D eigenvalue weighted by molar-refractivity contribution is 6.04. The Morgan fingerprint density at radius 1 is 1.53 bits per heavy atom. The lowest BCUT2D eigenvalue weighted by Gasteiger charge is -2.21. The van der Waals surface area contributed by atoms with Crippen molar-refractivity contribution in [2.24, 2.45) is 0 Å². The molecule has 84 valence electrons. The molecule has 0 aliphatic carbocycles. The summed E-state index contributed by atoms with van der Waals surface area (Å²) in [7, 11) is 5.71. The van der Waals surface area contributed by atoms with Crippen LogP contribution in [0.3, 0.4) is 0 Å². The van der Waals surface area contributed by atoms with E-state index in [4.69, 9.17) is 12.7 Å². The lowest BCUT2D eigenvalue weighted by atomic mass is 10.2. The van der Waals surface area contributed by atoms with Gasteiger partial charge in [-0.25, -0.2) is 4.79 Å². The molecule has 0 spiro atoms. The van der Waals surface area contributed by atoms with Gasteiger partial charge in [0.2, 0.25) is 0 Å². The number of nitrogens with zero attached hydrogens (tertiary/aromatic N) is 1. The van der Waals surface area contributed by atoms with Gasteiger partial charge >= 0.3 is 6.09 Å². The highest BCUT2D eigenvalue weighted by Crippen LogP contribution is 2.15. The van der Waals surface area contributed by atoms with Gasteiger partial charge in [0.25, 0.3) is 0 Å². The first kappa shape index (κ1) is 12.4. The Balaban J connectivity index is 2.34. The second-order valence-electron chi connectivity index (χ2n) is 5.12. The Morgan fingerprint density at radius 2 is 2.13 bits per heavy atom. The molecule has 1 heterocycles. The first-order valence-electron chi connectivity index (χ1n) is 5.29. The summed E-state index contributed by atoms with van der Waals surface area (Å²) >= 11 is 0. The van der Waals surface area contributed by atoms with E-state index in [0.717, 1.165) is 6.42 Å². The number of hydrogen-bond acceptors (Lipinski definition) is 3. The standard InChI is InChI=1S/C10H19BN2O2/c1-7-5-8(6-13(7)11)12-9(14)15-10(2,3)4/h7-8H,5-6H2,1-4H3,(H,12,14). The third-order valence-electron chi connectivity index (χ3n) is 2.34. The molecule has 0 saturated carbocycles. The topological polar surface area (TPSA) is 41.6 Å². The van der Waals surface area contributed by atoms with E-state index < -0.39 is 5.60 Å². The van der Waals surface area contributed by atoms with Crippen molar-refractivity contribution in [2.75, 3.05) is 6.54 Å². The molecule has 1 amide bonds. The van der Waals surface area contributed by atoms with E-state index in [-0.39, 0.29) is 12.1 Å². The number of rotatable bonds is 1. The molecule has 15 heavy (non-hydrogen) atoms. The number of amides is 1. The van der Waals surface area contributed by atoms with Crippen LogP contribution in [0.1, 0.15) is 34.1 Å². The van der Waals surface area contributed by atoms with E-state index in [9.17, 15) is 4.79 Å². The van der Waals surface area contributed by atoms with Gasteiger partial charge in [0.15, 0.2) is 7.98 Å². The Hall–Kier alpha value is -0.705. The number of carbonyl (C=O) groups is 1. The van der Waals surface area contributed by atoms with E-state index in [2.05, 4.69) is 5.32 Å². The molecule has 1 aliphatic rings. The minimum atomic E-state index is -0.448. The zero-order chi connectivity index (χ0) is 11.6. The summed E-state index contributed by atoms with van der Waals surface area (Å²) in [5.74, 6) is 0. The summed E-state index contributed by atoms with van der Waals surface area (Å²) in [6, 6.07) is 0.407. The summed E-state index contributed by atoms with van der Waals surface area (Å²) in [5.41, 5.74) is -0.448. The smallest absolute Gasteiger partial charge is 0.407 e. The fourth-order valence-corrected chi connectivity index (χ4v) is 1.63. The molecule has 4 nitrogen and oxygen atoms in total. The minimum Gasteiger partial charge on any atom is -0.444 e. The van der Waals surface area contributed by atoms with Crippen LogP contribution in [0.2, 0.25) is 0 Å². The molecule has 5 heteroatoms. The van der Waals surface area contributed by atoms with Crippen LogP contribution in [0.15, 0.2) is 0 Å². The van der Waals surface area contributed by atoms with Crippen molar-refractivity contribution in [1.29, 1.82) is 0 Å². The van der Waals surface area contributed by atoms with Crippen molar-refractivity contribution in [3.05, 3.63) is 0 Å². The SMILES string of the molecule is [B]N1CC(NC(=O)OC(C)(C)C)CC1C. The first-order chi connectivity index (χ1) is 6.78. The highest BCUT2D eigenvalue weighted by Gasteiger charge is 2.28. The Morgan fingerprint density at radius 3 is 2.53 bits per heavy atom. The van der Waals surface area contributed by atoms with Gasteiger partial charge in [0.1, 0.15) is 5.60 Å². The van der Waals surface area contributed by atoms with Gasteiger partial charge in [-0.1, -0.05) is 6.92 Å². The third-order valence-corrected chi connectivity index (χ3v) is 2.34. The molecule has 2 radical (unpaired) electrons. The van der Waals surface area contributed by atoms with Crippen molar-refractivity contribution < 1.29 is 9.53 Å². The zero-order valence-corrected chi connectivity index (χ0v) is 9.91. The third kappa shape index (κ3) is 4.12. The lowest BCUT2D eigenvalue weighted by Crippen LogP contribution is -2.40. The molecule has 0 aromatic carbocycles. The second-order valence-corrected chi connectivity index (χ2v) is 5.12.